The Morgan fingerprint density at radius 2 is 1.85 bits per heavy atom. The van der Waals surface area contributed by atoms with Gasteiger partial charge in [0.2, 0.25) is 5.91 Å². The Kier molecular flexibility index (Phi) is 5.90. The first-order valence-electron chi connectivity index (χ1n) is 8.75. The molecule has 0 radical (unpaired) electrons. The van der Waals surface area contributed by atoms with Crippen LogP contribution in [0.25, 0.3) is 0 Å². The van der Waals surface area contributed by atoms with Crippen molar-refractivity contribution in [2.24, 2.45) is 5.92 Å². The molecule has 1 fully saturated rings. The Morgan fingerprint density at radius 3 is 2.52 bits per heavy atom. The minimum atomic E-state index is -0.336. The molecule has 2 aromatic rings. The van der Waals surface area contributed by atoms with Gasteiger partial charge in [-0.2, -0.15) is 0 Å². The first kappa shape index (κ1) is 18.7. The highest BCUT2D eigenvalue weighted by atomic mass is 19.1. The van der Waals surface area contributed by atoms with Gasteiger partial charge in [-0.05, 0) is 42.0 Å². The Balaban J connectivity index is 1.43. The van der Waals surface area contributed by atoms with E-state index < -0.39 is 0 Å². The van der Waals surface area contributed by atoms with Gasteiger partial charge in [-0.1, -0.05) is 12.1 Å². The highest BCUT2D eigenvalue weighted by Crippen LogP contribution is 2.24. The fourth-order valence-corrected chi connectivity index (χ4v) is 3.01. The van der Waals surface area contributed by atoms with Gasteiger partial charge in [0, 0.05) is 37.7 Å². The van der Waals surface area contributed by atoms with Crippen molar-refractivity contribution in [1.29, 1.82) is 0 Å². The second kappa shape index (κ2) is 8.53. The quantitative estimate of drug-likeness (QED) is 0.820. The number of nitrogens with zero attached hydrogens (tertiary/aromatic N) is 1. The number of halogens is 1. The molecule has 1 aliphatic heterocycles. The van der Waals surface area contributed by atoms with Crippen molar-refractivity contribution >= 4 is 17.6 Å². The predicted octanol–water partition coefficient (Wildman–Crippen LogP) is 2.69. The van der Waals surface area contributed by atoms with Crippen molar-refractivity contribution in [3.8, 4) is 5.75 Å². The molecule has 1 saturated heterocycles. The summed E-state index contributed by atoms with van der Waals surface area (Å²) in [6.07, 6.45) is 0.357. The molecule has 3 rings (SSSR count). The topological polar surface area (TPSA) is 70.7 Å². The number of amides is 3. The third-order valence-corrected chi connectivity index (χ3v) is 4.51. The van der Waals surface area contributed by atoms with E-state index in [-0.39, 0.29) is 23.7 Å². The molecule has 1 aliphatic rings. The molecule has 0 bridgehead atoms. The lowest BCUT2D eigenvalue weighted by Gasteiger charge is -2.17. The van der Waals surface area contributed by atoms with Gasteiger partial charge in [-0.3, -0.25) is 4.79 Å². The Labute approximate surface area is 157 Å². The molecule has 6 nitrogen and oxygen atoms in total. The second-order valence-electron chi connectivity index (χ2n) is 6.46. The molecular formula is C20H22FN3O3. The second-order valence-corrected chi connectivity index (χ2v) is 6.46. The number of carbonyl (C=O) groups excluding carboxylic acids is 2. The Bertz CT molecular complexity index is 793. The summed E-state index contributed by atoms with van der Waals surface area (Å²) in [4.78, 5) is 25.8. The number of urea groups is 1. The summed E-state index contributed by atoms with van der Waals surface area (Å²) in [7, 11) is 1.60. The molecule has 0 saturated carbocycles. The molecule has 3 amide bonds. The van der Waals surface area contributed by atoms with Crippen LogP contribution in [0.2, 0.25) is 0 Å². The monoisotopic (exact) mass is 371 g/mol. The third kappa shape index (κ3) is 4.97. The molecule has 1 atom stereocenters. The zero-order valence-corrected chi connectivity index (χ0v) is 15.1. The Morgan fingerprint density at radius 1 is 1.15 bits per heavy atom. The van der Waals surface area contributed by atoms with Crippen molar-refractivity contribution in [2.75, 3.05) is 25.1 Å². The normalized spacial score (nSPS) is 16.3. The molecule has 1 heterocycles. The zero-order chi connectivity index (χ0) is 19.2. The zero-order valence-electron chi connectivity index (χ0n) is 15.1. The summed E-state index contributed by atoms with van der Waals surface area (Å²) >= 11 is 0. The van der Waals surface area contributed by atoms with Gasteiger partial charge in [0.25, 0.3) is 0 Å². The number of carbonyl (C=O) groups is 2. The molecule has 0 aliphatic carbocycles. The van der Waals surface area contributed by atoms with Gasteiger partial charge < -0.3 is 20.3 Å². The first-order chi connectivity index (χ1) is 13.0. The third-order valence-electron chi connectivity index (χ3n) is 4.51. The van der Waals surface area contributed by atoms with Gasteiger partial charge in [0.05, 0.1) is 7.11 Å². The van der Waals surface area contributed by atoms with Crippen molar-refractivity contribution in [1.82, 2.24) is 10.6 Å². The van der Waals surface area contributed by atoms with Gasteiger partial charge >= 0.3 is 6.03 Å². The lowest BCUT2D eigenvalue weighted by molar-refractivity contribution is -0.117. The summed E-state index contributed by atoms with van der Waals surface area (Å²) in [6.45, 7) is 1.31. The molecule has 7 heteroatoms. The first-order valence-corrected chi connectivity index (χ1v) is 8.75. The van der Waals surface area contributed by atoms with Crippen LogP contribution in [0.5, 0.6) is 5.75 Å². The maximum atomic E-state index is 13.0. The largest absolute Gasteiger partial charge is 0.497 e. The van der Waals surface area contributed by atoms with Crippen LogP contribution in [0, 0.1) is 11.7 Å². The van der Waals surface area contributed by atoms with Crippen LogP contribution in [0.1, 0.15) is 12.0 Å². The molecule has 142 valence electrons. The number of ether oxygens (including phenoxy) is 1. The van der Waals surface area contributed by atoms with E-state index >= 15 is 0 Å². The fourth-order valence-electron chi connectivity index (χ4n) is 3.01. The summed E-state index contributed by atoms with van der Waals surface area (Å²) in [5, 5.41) is 5.60. The highest BCUT2D eigenvalue weighted by Gasteiger charge is 2.30. The van der Waals surface area contributed by atoms with Crippen LogP contribution >= 0.6 is 0 Å². The van der Waals surface area contributed by atoms with Crippen molar-refractivity contribution in [2.45, 2.75) is 13.0 Å². The van der Waals surface area contributed by atoms with Crippen LogP contribution in [-0.4, -0.2) is 32.1 Å². The molecule has 1 unspecified atom stereocenters. The smallest absolute Gasteiger partial charge is 0.315 e. The van der Waals surface area contributed by atoms with Crippen LogP contribution in [0.15, 0.2) is 48.5 Å². The maximum absolute atomic E-state index is 13.0. The molecule has 2 N–H and O–H groups in total. The summed E-state index contributed by atoms with van der Waals surface area (Å²) in [6, 6.07) is 13.0. The van der Waals surface area contributed by atoms with E-state index in [0.717, 1.165) is 11.3 Å². The van der Waals surface area contributed by atoms with E-state index in [1.54, 1.807) is 24.1 Å². The lowest BCUT2D eigenvalue weighted by atomic mass is 10.1. The SMILES string of the molecule is COc1ccc(CNC(=O)NCC2CC(=O)N(c3ccc(F)cc3)C2)cc1. The number of hydrogen-bond donors (Lipinski definition) is 2. The average Bonchev–Trinajstić information content (AvgIpc) is 3.06. The molecule has 2 aromatic carbocycles. The van der Waals surface area contributed by atoms with E-state index in [1.807, 2.05) is 24.3 Å². The Hall–Kier alpha value is -3.09. The van der Waals surface area contributed by atoms with Gasteiger partial charge in [-0.15, -0.1) is 0 Å². The van der Waals surface area contributed by atoms with Gasteiger partial charge in [0.1, 0.15) is 11.6 Å². The van der Waals surface area contributed by atoms with E-state index in [1.165, 1.54) is 12.1 Å². The van der Waals surface area contributed by atoms with E-state index in [9.17, 15) is 14.0 Å². The number of anilines is 1. The average molecular weight is 371 g/mol. The van der Waals surface area contributed by atoms with Gasteiger partial charge in [-0.25, -0.2) is 9.18 Å². The van der Waals surface area contributed by atoms with Crippen LogP contribution in [0.4, 0.5) is 14.9 Å². The number of methoxy groups -OCH3 is 1. The summed E-state index contributed by atoms with van der Waals surface area (Å²) in [5.41, 5.74) is 1.64. The molecule has 0 spiro atoms. The summed E-state index contributed by atoms with van der Waals surface area (Å²) in [5.74, 6) is 0.429. The molecular weight excluding hydrogens is 349 g/mol. The molecule has 0 aromatic heterocycles. The molecule has 27 heavy (non-hydrogen) atoms. The number of nitrogens with one attached hydrogen (secondary N) is 2. The van der Waals surface area contributed by atoms with Crippen LogP contribution < -0.4 is 20.3 Å². The maximum Gasteiger partial charge on any atom is 0.315 e. The van der Waals surface area contributed by atoms with Crippen molar-refractivity contribution in [3.63, 3.8) is 0 Å². The van der Waals surface area contributed by atoms with Crippen molar-refractivity contribution in [3.05, 3.63) is 59.9 Å². The lowest BCUT2D eigenvalue weighted by Crippen LogP contribution is -2.38. The standard InChI is InChI=1S/C20H22FN3O3/c1-27-18-8-2-14(3-9-18)11-22-20(26)23-12-15-10-19(25)24(13-15)17-6-4-16(21)5-7-17/h2-9,15H,10-13H2,1H3,(H2,22,23,26). The fraction of sp³-hybridized carbons (Fsp3) is 0.300. The van der Waals surface area contributed by atoms with Gasteiger partial charge in [0.15, 0.2) is 0 Å². The number of hydrogen-bond acceptors (Lipinski definition) is 3. The van der Waals surface area contributed by atoms with E-state index in [0.29, 0.717) is 31.7 Å². The van der Waals surface area contributed by atoms with Crippen LogP contribution in [-0.2, 0) is 11.3 Å². The van der Waals surface area contributed by atoms with Crippen LogP contribution in [0.3, 0.4) is 0 Å². The number of benzene rings is 2. The van der Waals surface area contributed by atoms with Crippen molar-refractivity contribution < 1.29 is 18.7 Å². The minimum absolute atomic E-state index is 0.0213. The van der Waals surface area contributed by atoms with E-state index in [2.05, 4.69) is 10.6 Å². The predicted molar refractivity (Wildman–Crippen MR) is 100 cm³/mol. The number of rotatable bonds is 6. The summed E-state index contributed by atoms with van der Waals surface area (Å²) < 4.78 is 18.1. The van der Waals surface area contributed by atoms with E-state index in [4.69, 9.17) is 4.74 Å². The highest BCUT2D eigenvalue weighted by molar-refractivity contribution is 5.95. The minimum Gasteiger partial charge on any atom is -0.497 e.